The first-order chi connectivity index (χ1) is 29.8. The molecule has 0 bridgehead atoms. The van der Waals surface area contributed by atoms with Gasteiger partial charge in [0.25, 0.3) is 0 Å². The van der Waals surface area contributed by atoms with Gasteiger partial charge >= 0.3 is 0 Å². The zero-order valence-corrected chi connectivity index (χ0v) is 46.5. The summed E-state index contributed by atoms with van der Waals surface area (Å²) in [6, 6.07) is 9.47. The van der Waals surface area contributed by atoms with Crippen LogP contribution in [0.1, 0.15) is 213 Å². The number of benzene rings is 1. The van der Waals surface area contributed by atoms with Crippen LogP contribution in [0.25, 0.3) is 0 Å². The molecule has 64 heavy (non-hydrogen) atoms. The fraction of sp³-hybridized carbons (Fsp3) is 0.661. The van der Waals surface area contributed by atoms with Crippen LogP contribution >= 0.6 is 0 Å². The van der Waals surface area contributed by atoms with Crippen molar-refractivity contribution in [2.75, 3.05) is 0 Å². The predicted molar refractivity (Wildman–Crippen MR) is 298 cm³/mol. The molecule has 0 saturated heterocycles. The van der Waals surface area contributed by atoms with E-state index >= 15 is 0 Å². The Labute approximate surface area is 403 Å². The largest absolute Gasteiger partial charge is 0.399 e. The normalized spacial score (nSPS) is 15.0. The van der Waals surface area contributed by atoms with Crippen molar-refractivity contribution < 1.29 is 0 Å². The van der Waals surface area contributed by atoms with Crippen LogP contribution in [-0.2, 0) is 12.8 Å². The minimum absolute atomic E-state index is 0.0599. The van der Waals surface area contributed by atoms with E-state index in [0.717, 1.165) is 54.2 Å². The maximum Gasteiger partial charge on any atom is 0.0328 e. The average molecular weight is 886 g/mol. The van der Waals surface area contributed by atoms with Gasteiger partial charge in [0.1, 0.15) is 0 Å². The fourth-order valence-electron chi connectivity index (χ4n) is 7.73. The maximum absolute atomic E-state index is 6.19. The molecule has 2 aliphatic rings. The van der Waals surface area contributed by atoms with Crippen molar-refractivity contribution >= 4 is 0 Å². The van der Waals surface area contributed by atoms with E-state index in [1.807, 2.05) is 41.5 Å². The summed E-state index contributed by atoms with van der Waals surface area (Å²) in [5, 5.41) is 4.11. The number of rotatable bonds is 18. The van der Waals surface area contributed by atoms with Crippen molar-refractivity contribution in [2.24, 2.45) is 46.2 Å². The Kier molecular flexibility index (Phi) is 40.2. The minimum atomic E-state index is 0.0599. The van der Waals surface area contributed by atoms with E-state index in [1.165, 1.54) is 75.4 Å². The first-order valence-corrected chi connectivity index (χ1v) is 25.7. The van der Waals surface area contributed by atoms with E-state index in [0.29, 0.717) is 23.6 Å². The van der Waals surface area contributed by atoms with Gasteiger partial charge in [-0.25, -0.2) is 0 Å². The Morgan fingerprint density at radius 3 is 1.52 bits per heavy atom. The lowest BCUT2D eigenvalue weighted by Gasteiger charge is -2.42. The second-order valence-corrected chi connectivity index (χ2v) is 21.2. The molecule has 0 radical (unpaired) electrons. The van der Waals surface area contributed by atoms with Gasteiger partial charge in [-0.2, -0.15) is 0 Å². The van der Waals surface area contributed by atoms with Gasteiger partial charge in [0.15, 0.2) is 0 Å². The van der Waals surface area contributed by atoms with Crippen molar-refractivity contribution in [3.63, 3.8) is 0 Å². The monoisotopic (exact) mass is 885 g/mol. The van der Waals surface area contributed by atoms with Crippen LogP contribution in [0, 0.1) is 40.4 Å². The molecule has 1 fully saturated rings. The van der Waals surface area contributed by atoms with E-state index in [4.69, 9.17) is 18.9 Å². The Bertz CT molecular complexity index is 1430. The SMILES string of the molecule is C=C(C)C.C=C(N)C(=C)C(CC1CCC1)C(=C)C(=C)C(CC(=C)C(NC(CCCC)C(C)(C)C)C(C)(C)C)CC(C)CC.C=C=C.CC.CC.CC(C)C.c1ccc2c(c1)CCCC2. The van der Waals surface area contributed by atoms with Crippen LogP contribution in [0.3, 0.4) is 0 Å². The molecule has 1 aromatic rings. The van der Waals surface area contributed by atoms with Crippen LogP contribution in [-0.4, -0.2) is 12.1 Å². The molecule has 3 N–H and O–H groups in total. The topological polar surface area (TPSA) is 38.0 Å². The number of unbranched alkanes of at least 4 members (excludes halogenated alkanes) is 1. The molecule has 3 rings (SSSR count). The molecule has 0 aliphatic heterocycles. The van der Waals surface area contributed by atoms with Gasteiger partial charge in [0, 0.05) is 23.7 Å². The van der Waals surface area contributed by atoms with Crippen molar-refractivity contribution in [2.45, 2.75) is 227 Å². The second-order valence-electron chi connectivity index (χ2n) is 21.2. The molecule has 2 nitrogen and oxygen atoms in total. The standard InChI is InChI=1S/C37H66N2.C10H12.C4H10.C4H8.C3H4.2C2H6/c1-15-17-21-34(36(9,10)11)39-35(37(12,13)14)26(4)23-32(22-25(3)16-2)27(5)28(6)33(29(7)30(8)38)24-31-19-18-20-31;1-2-6-10-8-4-3-7-9(10)5-1;2*1-4(2)3;1-3-2;2*1-2/h25,31-35,39H,4-8,15-24,38H2,1-3,9-14H3;1-2,5-6H,3-4,7-8H2;4H,1-3H3;1H2,2-3H3;1-2H2;2*1-2H3. The lowest BCUT2D eigenvalue weighted by molar-refractivity contribution is 0.187. The summed E-state index contributed by atoms with van der Waals surface area (Å²) in [6.45, 7) is 71.8. The van der Waals surface area contributed by atoms with E-state index in [-0.39, 0.29) is 22.8 Å². The smallest absolute Gasteiger partial charge is 0.0328 e. The lowest BCUT2D eigenvalue weighted by Crippen LogP contribution is -2.51. The number of allylic oxidation sites excluding steroid dienone is 4. The summed E-state index contributed by atoms with van der Waals surface area (Å²) >= 11 is 0. The Morgan fingerprint density at radius 1 is 0.750 bits per heavy atom. The molecule has 0 spiro atoms. The Balaban J connectivity index is -0.000000579. The fourth-order valence-corrected chi connectivity index (χ4v) is 7.73. The third kappa shape index (κ3) is 31.8. The summed E-state index contributed by atoms with van der Waals surface area (Å²) in [4.78, 5) is 0. The van der Waals surface area contributed by atoms with E-state index in [9.17, 15) is 0 Å². The van der Waals surface area contributed by atoms with Gasteiger partial charge in [-0.3, -0.25) is 0 Å². The third-order valence-electron chi connectivity index (χ3n) is 11.6. The molecular formula is C62H112N2. The molecular weight excluding hydrogens is 773 g/mol. The number of nitrogens with two attached hydrogens (primary N) is 1. The highest BCUT2D eigenvalue weighted by Gasteiger charge is 2.35. The summed E-state index contributed by atoms with van der Waals surface area (Å²) < 4.78 is 0. The highest BCUT2D eigenvalue weighted by molar-refractivity contribution is 5.41. The van der Waals surface area contributed by atoms with Gasteiger partial charge in [-0.15, -0.1) is 12.3 Å². The first-order valence-electron chi connectivity index (χ1n) is 25.7. The quantitative estimate of drug-likeness (QED) is 0.0876. The van der Waals surface area contributed by atoms with Crippen LogP contribution in [0.15, 0.2) is 116 Å². The van der Waals surface area contributed by atoms with Gasteiger partial charge in [0.2, 0.25) is 0 Å². The molecule has 2 heteroatoms. The Morgan fingerprint density at radius 2 is 1.19 bits per heavy atom. The summed E-state index contributed by atoms with van der Waals surface area (Å²) in [6.07, 6.45) is 17.2. The highest BCUT2D eigenvalue weighted by Crippen LogP contribution is 2.43. The zero-order valence-electron chi connectivity index (χ0n) is 46.5. The molecule has 1 saturated carbocycles. The molecule has 0 heterocycles. The van der Waals surface area contributed by atoms with Crippen molar-refractivity contribution in [3.05, 3.63) is 127 Å². The number of aryl methyl sites for hydroxylation is 2. The molecule has 5 unspecified atom stereocenters. The molecule has 2 aliphatic carbocycles. The third-order valence-corrected chi connectivity index (χ3v) is 11.6. The summed E-state index contributed by atoms with van der Waals surface area (Å²) in [5.41, 5.74) is 18.1. The van der Waals surface area contributed by atoms with E-state index < -0.39 is 0 Å². The van der Waals surface area contributed by atoms with E-state index in [1.54, 1.807) is 11.1 Å². The van der Waals surface area contributed by atoms with Crippen molar-refractivity contribution in [1.82, 2.24) is 5.32 Å². The molecule has 1 aromatic carbocycles. The second kappa shape index (κ2) is 38.1. The maximum atomic E-state index is 6.19. The Hall–Kier alpha value is -3.06. The molecule has 5 atom stereocenters. The number of nitrogens with one attached hydrogen (secondary N) is 1. The summed E-state index contributed by atoms with van der Waals surface area (Å²) in [7, 11) is 0. The first kappa shape index (κ1) is 67.5. The molecule has 0 aromatic heterocycles. The van der Waals surface area contributed by atoms with Gasteiger partial charge < -0.3 is 11.1 Å². The zero-order chi connectivity index (χ0) is 50.8. The number of fused-ring (bicyclic) bond motifs is 1. The summed E-state index contributed by atoms with van der Waals surface area (Å²) in [5.74, 6) is 2.60. The number of hydrogen-bond donors (Lipinski definition) is 2. The lowest BCUT2D eigenvalue weighted by atomic mass is 9.70. The van der Waals surface area contributed by atoms with E-state index in [2.05, 4.69) is 158 Å². The van der Waals surface area contributed by atoms with Crippen molar-refractivity contribution in [1.29, 1.82) is 0 Å². The molecule has 370 valence electrons. The van der Waals surface area contributed by atoms with Gasteiger partial charge in [-0.1, -0.05) is 231 Å². The van der Waals surface area contributed by atoms with Gasteiger partial charge in [-0.05, 0) is 128 Å². The van der Waals surface area contributed by atoms with Crippen LogP contribution in [0.5, 0.6) is 0 Å². The minimum Gasteiger partial charge on any atom is -0.399 e. The van der Waals surface area contributed by atoms with Gasteiger partial charge in [0.05, 0.1) is 0 Å². The molecule has 0 amide bonds. The number of hydrogen-bond acceptors (Lipinski definition) is 2. The van der Waals surface area contributed by atoms with Crippen molar-refractivity contribution in [3.8, 4) is 0 Å². The average Bonchev–Trinajstić information content (AvgIpc) is 3.20. The van der Waals surface area contributed by atoms with Crippen LogP contribution in [0.4, 0.5) is 0 Å². The highest BCUT2D eigenvalue weighted by atomic mass is 15.0. The predicted octanol–water partition coefficient (Wildman–Crippen LogP) is 19.4. The van der Waals surface area contributed by atoms with Crippen LogP contribution < -0.4 is 11.1 Å². The van der Waals surface area contributed by atoms with Crippen LogP contribution in [0.2, 0.25) is 0 Å².